The van der Waals surface area contributed by atoms with Crippen molar-refractivity contribution in [2.24, 2.45) is 5.73 Å². The maximum absolute atomic E-state index is 10.9. The molecule has 9 nitrogen and oxygen atoms in total. The molecular formula is C7H14N2O7. The second kappa shape index (κ2) is 8.83. The van der Waals surface area contributed by atoms with Gasteiger partial charge in [0.05, 0.1) is 19.8 Å². The molecule has 1 unspecified atom stereocenters. The van der Waals surface area contributed by atoms with Crippen molar-refractivity contribution in [2.75, 3.05) is 33.0 Å². The molecule has 0 saturated heterocycles. The lowest BCUT2D eigenvalue weighted by atomic mass is 10.3. The molecule has 1 atom stereocenters. The van der Waals surface area contributed by atoms with Crippen LogP contribution >= 0.6 is 0 Å². The molecule has 16 heavy (non-hydrogen) atoms. The molecule has 0 fully saturated rings. The number of ether oxygens (including phenoxy) is 2. The third kappa shape index (κ3) is 7.91. The molecule has 94 valence electrons. The van der Waals surface area contributed by atoms with Gasteiger partial charge in [-0.2, -0.15) is 0 Å². The van der Waals surface area contributed by atoms with Gasteiger partial charge in [0.1, 0.15) is 19.3 Å². The lowest BCUT2D eigenvalue weighted by Gasteiger charge is -2.08. The highest BCUT2D eigenvalue weighted by Gasteiger charge is 2.12. The first-order valence-electron chi connectivity index (χ1n) is 4.46. The molecule has 0 aromatic rings. The summed E-state index contributed by atoms with van der Waals surface area (Å²) in [4.78, 5) is 24.5. The minimum absolute atomic E-state index is 0.0184. The highest BCUT2D eigenvalue weighted by molar-refractivity contribution is 5.75. The lowest BCUT2D eigenvalue weighted by Crippen LogP contribution is -2.36. The van der Waals surface area contributed by atoms with Gasteiger partial charge in [0.25, 0.3) is 5.09 Å². The third-order valence-corrected chi connectivity index (χ3v) is 1.40. The quantitative estimate of drug-likeness (QED) is 0.205. The van der Waals surface area contributed by atoms with Crippen molar-refractivity contribution >= 4 is 5.97 Å². The number of carbonyl (C=O) groups is 1. The van der Waals surface area contributed by atoms with E-state index in [1.165, 1.54) is 0 Å². The Kier molecular flexibility index (Phi) is 8.03. The molecule has 0 saturated carbocycles. The molecule has 0 amide bonds. The van der Waals surface area contributed by atoms with Crippen LogP contribution in [0.25, 0.3) is 0 Å². The average molecular weight is 238 g/mol. The number of carbonyl (C=O) groups excluding carboxylic acids is 1. The number of hydrogen-bond acceptors (Lipinski definition) is 8. The maximum atomic E-state index is 10.9. The largest absolute Gasteiger partial charge is 0.462 e. The van der Waals surface area contributed by atoms with Gasteiger partial charge in [0.2, 0.25) is 0 Å². The second-order valence-electron chi connectivity index (χ2n) is 2.63. The van der Waals surface area contributed by atoms with Gasteiger partial charge >= 0.3 is 5.97 Å². The van der Waals surface area contributed by atoms with Crippen molar-refractivity contribution in [2.45, 2.75) is 6.04 Å². The van der Waals surface area contributed by atoms with E-state index in [-0.39, 0.29) is 26.4 Å². The molecule has 0 rings (SSSR count). The van der Waals surface area contributed by atoms with Crippen LogP contribution < -0.4 is 5.73 Å². The monoisotopic (exact) mass is 238 g/mol. The van der Waals surface area contributed by atoms with Crippen LogP contribution in [0.4, 0.5) is 0 Å². The van der Waals surface area contributed by atoms with E-state index >= 15 is 0 Å². The zero-order chi connectivity index (χ0) is 12.4. The van der Waals surface area contributed by atoms with E-state index in [1.54, 1.807) is 0 Å². The Balaban J connectivity index is 3.27. The average Bonchev–Trinajstić information content (AvgIpc) is 2.25. The minimum Gasteiger partial charge on any atom is -0.462 e. The molecule has 0 spiro atoms. The van der Waals surface area contributed by atoms with Crippen LogP contribution in [-0.2, 0) is 19.1 Å². The summed E-state index contributed by atoms with van der Waals surface area (Å²) in [5, 5.41) is 17.3. The summed E-state index contributed by atoms with van der Waals surface area (Å²) in [5.41, 5.74) is 5.15. The normalized spacial score (nSPS) is 11.9. The Morgan fingerprint density at radius 2 is 2.00 bits per heavy atom. The minimum atomic E-state index is -1.06. The van der Waals surface area contributed by atoms with E-state index in [0.29, 0.717) is 0 Å². The molecule has 0 aliphatic carbocycles. The third-order valence-electron chi connectivity index (χ3n) is 1.40. The van der Waals surface area contributed by atoms with Crippen molar-refractivity contribution in [3.05, 3.63) is 10.1 Å². The van der Waals surface area contributed by atoms with Crippen molar-refractivity contribution in [3.8, 4) is 0 Å². The zero-order valence-corrected chi connectivity index (χ0v) is 8.53. The summed E-state index contributed by atoms with van der Waals surface area (Å²) < 4.78 is 9.44. The molecule has 0 bridgehead atoms. The van der Waals surface area contributed by atoms with Crippen molar-refractivity contribution < 1.29 is 29.3 Å². The Bertz CT molecular complexity index is 223. The summed E-state index contributed by atoms with van der Waals surface area (Å²) >= 11 is 0. The first-order chi connectivity index (χ1) is 7.57. The number of nitrogens with zero attached hydrogens (tertiary/aromatic N) is 1. The molecular weight excluding hydrogens is 224 g/mol. The highest BCUT2D eigenvalue weighted by Crippen LogP contribution is 1.86. The fourth-order valence-corrected chi connectivity index (χ4v) is 0.656. The number of rotatable bonds is 9. The predicted molar refractivity (Wildman–Crippen MR) is 49.8 cm³/mol. The number of hydrogen-bond donors (Lipinski definition) is 2. The van der Waals surface area contributed by atoms with Crippen molar-refractivity contribution in [1.29, 1.82) is 0 Å². The molecule has 0 aliphatic rings. The fourth-order valence-electron chi connectivity index (χ4n) is 0.656. The van der Waals surface area contributed by atoms with Gasteiger partial charge in [-0.05, 0) is 0 Å². The summed E-state index contributed by atoms with van der Waals surface area (Å²) in [5.74, 6) is -0.729. The van der Waals surface area contributed by atoms with Crippen LogP contribution in [-0.4, -0.2) is 55.2 Å². The van der Waals surface area contributed by atoms with Crippen LogP contribution in [0.3, 0.4) is 0 Å². The lowest BCUT2D eigenvalue weighted by molar-refractivity contribution is -0.758. The Morgan fingerprint density at radius 3 is 2.56 bits per heavy atom. The molecule has 3 N–H and O–H groups in total. The number of esters is 1. The van der Waals surface area contributed by atoms with Gasteiger partial charge < -0.3 is 25.2 Å². The van der Waals surface area contributed by atoms with Gasteiger partial charge in [0.15, 0.2) is 0 Å². The second-order valence-corrected chi connectivity index (χ2v) is 2.63. The number of aliphatic hydroxyl groups is 1. The summed E-state index contributed by atoms with van der Waals surface area (Å²) in [6.07, 6.45) is 0. The van der Waals surface area contributed by atoms with E-state index in [4.69, 9.17) is 15.6 Å². The first kappa shape index (κ1) is 14.6. The number of nitrogens with two attached hydrogens (primary N) is 1. The van der Waals surface area contributed by atoms with Crippen LogP contribution in [0.1, 0.15) is 0 Å². The standard InChI is InChI=1S/C7H14N2O7/c8-6(5-10)7(11)15-3-1-14-2-4-16-9(12)13/h6,10H,1-5,8H2. The van der Waals surface area contributed by atoms with E-state index in [9.17, 15) is 14.9 Å². The predicted octanol–water partition coefficient (Wildman–Crippen LogP) is -1.93. The zero-order valence-electron chi connectivity index (χ0n) is 8.53. The van der Waals surface area contributed by atoms with E-state index in [0.717, 1.165) is 0 Å². The summed E-state index contributed by atoms with van der Waals surface area (Å²) in [7, 11) is 0. The molecule has 0 radical (unpaired) electrons. The van der Waals surface area contributed by atoms with E-state index < -0.39 is 23.7 Å². The maximum Gasteiger partial charge on any atom is 0.325 e. The van der Waals surface area contributed by atoms with E-state index in [2.05, 4.69) is 9.57 Å². The Labute approximate surface area is 91.2 Å². The fraction of sp³-hybridized carbons (Fsp3) is 0.857. The number of aliphatic hydroxyl groups excluding tert-OH is 1. The van der Waals surface area contributed by atoms with Gasteiger partial charge in [-0.15, -0.1) is 10.1 Å². The van der Waals surface area contributed by atoms with Gasteiger partial charge in [-0.1, -0.05) is 0 Å². The van der Waals surface area contributed by atoms with Crippen LogP contribution in [0.15, 0.2) is 0 Å². The summed E-state index contributed by atoms with van der Waals surface area (Å²) in [6, 6.07) is -1.06. The Hall–Kier alpha value is -1.45. The van der Waals surface area contributed by atoms with Crippen LogP contribution in [0, 0.1) is 10.1 Å². The van der Waals surface area contributed by atoms with Gasteiger partial charge in [-0.25, -0.2) is 0 Å². The van der Waals surface area contributed by atoms with Crippen LogP contribution in [0.5, 0.6) is 0 Å². The SMILES string of the molecule is NC(CO)C(=O)OCCOCCO[N+](=O)[O-]. The molecule has 9 heteroatoms. The smallest absolute Gasteiger partial charge is 0.325 e. The highest BCUT2D eigenvalue weighted by atomic mass is 17.0. The van der Waals surface area contributed by atoms with Crippen LogP contribution in [0.2, 0.25) is 0 Å². The summed E-state index contributed by atoms with van der Waals surface area (Å²) in [6.45, 7) is -0.617. The van der Waals surface area contributed by atoms with Gasteiger partial charge in [0, 0.05) is 0 Å². The van der Waals surface area contributed by atoms with Crippen molar-refractivity contribution in [1.82, 2.24) is 0 Å². The van der Waals surface area contributed by atoms with Gasteiger partial charge in [-0.3, -0.25) is 4.79 Å². The topological polar surface area (TPSA) is 134 Å². The molecule has 0 aliphatic heterocycles. The van der Waals surface area contributed by atoms with E-state index in [1.807, 2.05) is 0 Å². The Morgan fingerprint density at radius 1 is 1.38 bits per heavy atom. The first-order valence-corrected chi connectivity index (χ1v) is 4.46. The molecule has 0 aromatic carbocycles. The molecule has 0 heterocycles. The molecule has 0 aromatic heterocycles. The van der Waals surface area contributed by atoms with Crippen molar-refractivity contribution in [3.63, 3.8) is 0 Å².